The first-order valence-corrected chi connectivity index (χ1v) is 18.9. The zero-order valence-electron chi connectivity index (χ0n) is 32.4. The van der Waals surface area contributed by atoms with E-state index in [1.807, 2.05) is 92.7 Å². The van der Waals surface area contributed by atoms with Crippen LogP contribution in [-0.2, 0) is 0 Å². The Morgan fingerprint density at radius 1 is 0.690 bits per heavy atom. The Bertz CT molecular complexity index is 2550. The number of amides is 2. The fraction of sp³-hybridized carbons (Fsp3) is 0.196. The standard InChI is InChI=1S/C23H23ClN2O3.C23H21N3O3/c1-14(2)11-22(28)19-9-7-16(17-5-3-4-6-18(17)19)13-25-26-23(29)15-8-10-21(27)20(24)12-15;1-14(2)22(28)20-9-7-16(18-5-3-4-6-19(18)20)13-25-26-23(29)15-8-10-21(27)17(11-15)12-24/h3-10,12-14,22,27-28H,11H2,1-2H3,(H,26,29);3-11,13-14,22,27-28H,1-2H3,(H,26,29)/b2*25-13+. The third kappa shape index (κ3) is 10.4. The number of aliphatic hydroxyl groups excluding tert-OH is 2. The third-order valence-corrected chi connectivity index (χ3v) is 9.62. The van der Waals surface area contributed by atoms with E-state index < -0.39 is 24.0 Å². The van der Waals surface area contributed by atoms with Crippen LogP contribution in [0.4, 0.5) is 0 Å². The minimum atomic E-state index is -0.575. The van der Waals surface area contributed by atoms with Crippen molar-refractivity contribution < 1.29 is 30.0 Å². The van der Waals surface area contributed by atoms with Crippen molar-refractivity contribution in [3.63, 3.8) is 0 Å². The number of hydrogen-bond donors (Lipinski definition) is 6. The lowest BCUT2D eigenvalue weighted by Gasteiger charge is -2.18. The Kier molecular flexibility index (Phi) is 14.3. The van der Waals surface area contributed by atoms with E-state index in [0.717, 1.165) is 43.8 Å². The summed E-state index contributed by atoms with van der Waals surface area (Å²) in [6.45, 7) is 8.09. The normalized spacial score (nSPS) is 12.4. The molecule has 6 N–H and O–H groups in total. The second-order valence-corrected chi connectivity index (χ2v) is 14.7. The first kappa shape index (κ1) is 42.6. The number of phenols is 2. The van der Waals surface area contributed by atoms with E-state index in [4.69, 9.17) is 16.9 Å². The van der Waals surface area contributed by atoms with Gasteiger partial charge >= 0.3 is 0 Å². The highest BCUT2D eigenvalue weighted by atomic mass is 35.5. The molecule has 0 saturated heterocycles. The van der Waals surface area contributed by atoms with E-state index in [1.54, 1.807) is 6.21 Å². The molecule has 12 heteroatoms. The van der Waals surface area contributed by atoms with Crippen LogP contribution in [-0.4, -0.2) is 44.7 Å². The SMILES string of the molecule is CC(C)C(O)c1ccc(/C=N/NC(=O)c2ccc(O)c(C#N)c2)c2ccccc12.CC(C)CC(O)c1ccc(/C=N/NC(=O)c2ccc(O)c(Cl)c2)c2ccccc12. The van der Waals surface area contributed by atoms with Crippen molar-refractivity contribution in [2.24, 2.45) is 22.0 Å². The minimum Gasteiger partial charge on any atom is -0.507 e. The summed E-state index contributed by atoms with van der Waals surface area (Å²) in [7, 11) is 0. The van der Waals surface area contributed by atoms with E-state index in [1.165, 1.54) is 42.6 Å². The molecule has 0 radical (unpaired) electrons. The molecule has 6 aromatic carbocycles. The number of aromatic hydroxyl groups is 2. The molecule has 2 atom stereocenters. The van der Waals surface area contributed by atoms with Crippen LogP contribution in [0, 0.1) is 23.2 Å². The number of halogens is 1. The molecule has 0 fully saturated rings. The highest BCUT2D eigenvalue weighted by Gasteiger charge is 2.17. The van der Waals surface area contributed by atoms with Gasteiger partial charge in [0.2, 0.25) is 0 Å². The molecule has 0 saturated carbocycles. The predicted molar refractivity (Wildman–Crippen MR) is 228 cm³/mol. The largest absolute Gasteiger partial charge is 0.507 e. The maximum absolute atomic E-state index is 12.2. The second-order valence-electron chi connectivity index (χ2n) is 14.3. The molecule has 296 valence electrons. The van der Waals surface area contributed by atoms with Crippen molar-refractivity contribution in [3.05, 3.63) is 153 Å². The molecular formula is C46H44ClN5O6. The maximum atomic E-state index is 12.2. The van der Waals surface area contributed by atoms with Gasteiger partial charge in [-0.3, -0.25) is 9.59 Å². The van der Waals surface area contributed by atoms with E-state index in [2.05, 4.69) is 34.9 Å². The van der Waals surface area contributed by atoms with Crippen LogP contribution < -0.4 is 10.9 Å². The van der Waals surface area contributed by atoms with Crippen LogP contribution in [0.5, 0.6) is 11.5 Å². The first-order chi connectivity index (χ1) is 27.8. The van der Waals surface area contributed by atoms with Gasteiger partial charge in [-0.1, -0.05) is 112 Å². The van der Waals surface area contributed by atoms with Gasteiger partial charge in [0.05, 0.1) is 35.2 Å². The lowest BCUT2D eigenvalue weighted by molar-refractivity contribution is 0.0947. The monoisotopic (exact) mass is 797 g/mol. The number of nitrogens with zero attached hydrogens (tertiary/aromatic N) is 3. The van der Waals surface area contributed by atoms with Crippen LogP contribution >= 0.6 is 11.6 Å². The van der Waals surface area contributed by atoms with E-state index in [0.29, 0.717) is 17.9 Å². The van der Waals surface area contributed by atoms with Gasteiger partial charge in [0, 0.05) is 22.3 Å². The van der Waals surface area contributed by atoms with Gasteiger partial charge in [0.15, 0.2) is 0 Å². The van der Waals surface area contributed by atoms with Gasteiger partial charge in [-0.2, -0.15) is 15.5 Å². The van der Waals surface area contributed by atoms with Crippen LogP contribution in [0.25, 0.3) is 21.5 Å². The number of hydrogen-bond acceptors (Lipinski definition) is 9. The van der Waals surface area contributed by atoms with Crippen molar-refractivity contribution in [2.45, 2.75) is 46.3 Å². The smallest absolute Gasteiger partial charge is 0.271 e. The number of nitriles is 1. The maximum Gasteiger partial charge on any atom is 0.271 e. The van der Waals surface area contributed by atoms with Crippen molar-refractivity contribution in [1.29, 1.82) is 5.26 Å². The molecule has 0 spiro atoms. The molecule has 2 unspecified atom stereocenters. The topological polar surface area (TPSA) is 188 Å². The molecule has 0 aromatic heterocycles. The van der Waals surface area contributed by atoms with Gasteiger partial charge in [-0.05, 0) is 87.3 Å². The third-order valence-electron chi connectivity index (χ3n) is 9.32. The van der Waals surface area contributed by atoms with Crippen molar-refractivity contribution >= 4 is 57.4 Å². The molecule has 0 heterocycles. The number of nitrogens with one attached hydrogen (secondary N) is 2. The van der Waals surface area contributed by atoms with Crippen molar-refractivity contribution in [1.82, 2.24) is 10.9 Å². The van der Waals surface area contributed by atoms with Crippen LogP contribution in [0.1, 0.15) is 94.9 Å². The van der Waals surface area contributed by atoms with Gasteiger partial charge in [0.25, 0.3) is 11.8 Å². The lowest BCUT2D eigenvalue weighted by atomic mass is 9.92. The minimum absolute atomic E-state index is 0.0203. The summed E-state index contributed by atoms with van der Waals surface area (Å²) in [5.41, 5.74) is 8.78. The van der Waals surface area contributed by atoms with Gasteiger partial charge in [-0.25, -0.2) is 10.9 Å². The zero-order chi connectivity index (χ0) is 41.9. The van der Waals surface area contributed by atoms with Crippen LogP contribution in [0.2, 0.25) is 5.02 Å². The quantitative estimate of drug-likeness (QED) is 0.0558. The fourth-order valence-electron chi connectivity index (χ4n) is 6.26. The number of aliphatic hydroxyl groups is 2. The summed E-state index contributed by atoms with van der Waals surface area (Å²) in [6, 6.07) is 33.1. The van der Waals surface area contributed by atoms with Gasteiger partial charge in [0.1, 0.15) is 17.6 Å². The van der Waals surface area contributed by atoms with E-state index in [9.17, 15) is 30.0 Å². The zero-order valence-corrected chi connectivity index (χ0v) is 33.1. The lowest BCUT2D eigenvalue weighted by Crippen LogP contribution is -2.17. The Labute approximate surface area is 341 Å². The van der Waals surface area contributed by atoms with Crippen LogP contribution in [0.3, 0.4) is 0 Å². The number of carbonyl (C=O) groups is 2. The van der Waals surface area contributed by atoms with Crippen molar-refractivity contribution in [3.8, 4) is 17.6 Å². The number of hydrazone groups is 2. The highest BCUT2D eigenvalue weighted by Crippen LogP contribution is 2.32. The average Bonchev–Trinajstić information content (AvgIpc) is 3.21. The molecule has 0 aliphatic rings. The van der Waals surface area contributed by atoms with E-state index >= 15 is 0 Å². The summed E-state index contributed by atoms with van der Waals surface area (Å²) >= 11 is 5.84. The Balaban J connectivity index is 0.000000221. The molecule has 6 rings (SSSR count). The Hall–Kier alpha value is -6.58. The molecule has 11 nitrogen and oxygen atoms in total. The summed E-state index contributed by atoms with van der Waals surface area (Å²) < 4.78 is 0. The number of benzene rings is 6. The molecule has 58 heavy (non-hydrogen) atoms. The second kappa shape index (κ2) is 19.5. The van der Waals surface area contributed by atoms with E-state index in [-0.39, 0.29) is 33.6 Å². The Morgan fingerprint density at radius 3 is 1.67 bits per heavy atom. The average molecular weight is 798 g/mol. The number of phenolic OH excluding ortho intramolecular Hbond substituents is 2. The predicted octanol–water partition coefficient (Wildman–Crippen LogP) is 8.91. The molecule has 0 aliphatic carbocycles. The van der Waals surface area contributed by atoms with Gasteiger partial charge in [-0.15, -0.1) is 0 Å². The van der Waals surface area contributed by atoms with Crippen LogP contribution in [0.15, 0.2) is 119 Å². The highest BCUT2D eigenvalue weighted by molar-refractivity contribution is 6.32. The Morgan fingerprint density at radius 2 is 1.17 bits per heavy atom. The molecule has 6 aromatic rings. The summed E-state index contributed by atoms with van der Waals surface area (Å²) in [5, 5.41) is 60.9. The summed E-state index contributed by atoms with van der Waals surface area (Å²) in [6.07, 6.45) is 2.68. The molecule has 2 amide bonds. The summed E-state index contributed by atoms with van der Waals surface area (Å²) in [4.78, 5) is 24.5. The number of rotatable bonds is 11. The molecule has 0 aliphatic heterocycles. The molecular weight excluding hydrogens is 754 g/mol. The van der Waals surface area contributed by atoms with Gasteiger partial charge < -0.3 is 20.4 Å². The number of carbonyl (C=O) groups excluding carboxylic acids is 2. The number of fused-ring (bicyclic) bond motifs is 2. The first-order valence-electron chi connectivity index (χ1n) is 18.6. The summed E-state index contributed by atoms with van der Waals surface area (Å²) in [5.74, 6) is -0.722. The fourth-order valence-corrected chi connectivity index (χ4v) is 6.44. The molecule has 0 bridgehead atoms. The van der Waals surface area contributed by atoms with Crippen molar-refractivity contribution in [2.75, 3.05) is 0 Å².